The lowest BCUT2D eigenvalue weighted by Gasteiger charge is -1.99. The van der Waals surface area contributed by atoms with Gasteiger partial charge in [0.05, 0.1) is 0 Å². The molecule has 0 aromatic heterocycles. The van der Waals surface area contributed by atoms with Crippen molar-refractivity contribution in [3.63, 3.8) is 0 Å². The van der Waals surface area contributed by atoms with Gasteiger partial charge in [-0.15, -0.1) is 0 Å². The van der Waals surface area contributed by atoms with Crippen molar-refractivity contribution in [3.8, 4) is 0 Å². The predicted molar refractivity (Wildman–Crippen MR) is 32.9 cm³/mol. The standard InChI is InChI=1S/C6H14N/c1-3-4-5-6(2)7/h6H,1,3-5,7H2,2H3/t6-/m1/s1. The maximum atomic E-state index is 5.45. The predicted octanol–water partition coefficient (Wildman–Crippen LogP) is 1.34. The Morgan fingerprint density at radius 1 is 1.71 bits per heavy atom. The highest BCUT2D eigenvalue weighted by atomic mass is 14.6. The number of unbranched alkanes of at least 4 members (excludes halogenated alkanes) is 1. The van der Waals surface area contributed by atoms with Crippen LogP contribution < -0.4 is 5.73 Å². The fraction of sp³-hybridized carbons (Fsp3) is 0.833. The number of hydrogen-bond acceptors (Lipinski definition) is 1. The summed E-state index contributed by atoms with van der Waals surface area (Å²) in [6.07, 6.45) is 3.29. The van der Waals surface area contributed by atoms with E-state index in [0.717, 1.165) is 19.3 Å². The van der Waals surface area contributed by atoms with Crippen molar-refractivity contribution in [2.75, 3.05) is 0 Å². The van der Waals surface area contributed by atoms with Crippen molar-refractivity contribution in [2.45, 2.75) is 32.2 Å². The van der Waals surface area contributed by atoms with Gasteiger partial charge >= 0.3 is 0 Å². The lowest BCUT2D eigenvalue weighted by molar-refractivity contribution is 0.629. The summed E-state index contributed by atoms with van der Waals surface area (Å²) in [5.41, 5.74) is 5.45. The maximum Gasteiger partial charge on any atom is 0.00104 e. The average molecular weight is 100 g/mol. The Labute approximate surface area is 45.9 Å². The molecule has 1 radical (unpaired) electrons. The summed E-state index contributed by atoms with van der Waals surface area (Å²) in [6.45, 7) is 5.73. The van der Waals surface area contributed by atoms with Crippen molar-refractivity contribution in [1.29, 1.82) is 0 Å². The third-order valence-corrected chi connectivity index (χ3v) is 0.909. The molecule has 0 aromatic carbocycles. The summed E-state index contributed by atoms with van der Waals surface area (Å²) < 4.78 is 0. The third kappa shape index (κ3) is 5.96. The average Bonchev–Trinajstić information content (AvgIpc) is 1.61. The topological polar surface area (TPSA) is 26.0 Å². The fourth-order valence-electron chi connectivity index (χ4n) is 0.466. The largest absolute Gasteiger partial charge is 0.328 e. The summed E-state index contributed by atoms with van der Waals surface area (Å²) in [7, 11) is 0. The van der Waals surface area contributed by atoms with E-state index in [0.29, 0.717) is 6.04 Å². The van der Waals surface area contributed by atoms with Crippen LogP contribution in [0.2, 0.25) is 0 Å². The van der Waals surface area contributed by atoms with Crippen LogP contribution in [0.25, 0.3) is 0 Å². The Hall–Kier alpha value is -0.0400. The molecule has 0 heterocycles. The highest BCUT2D eigenvalue weighted by Gasteiger charge is 1.88. The Morgan fingerprint density at radius 2 is 2.29 bits per heavy atom. The van der Waals surface area contributed by atoms with Crippen LogP contribution in [0.15, 0.2) is 0 Å². The van der Waals surface area contributed by atoms with Crippen LogP contribution in [0.1, 0.15) is 26.2 Å². The molecule has 0 spiro atoms. The minimum Gasteiger partial charge on any atom is -0.328 e. The molecule has 43 valence electrons. The van der Waals surface area contributed by atoms with Crippen LogP contribution in [0.4, 0.5) is 0 Å². The molecule has 0 bridgehead atoms. The van der Waals surface area contributed by atoms with Gasteiger partial charge in [0.2, 0.25) is 0 Å². The van der Waals surface area contributed by atoms with E-state index in [1.54, 1.807) is 0 Å². The quantitative estimate of drug-likeness (QED) is 0.569. The number of hydrogen-bond donors (Lipinski definition) is 1. The van der Waals surface area contributed by atoms with Crippen LogP contribution >= 0.6 is 0 Å². The molecule has 0 aliphatic rings. The second-order valence-electron chi connectivity index (χ2n) is 1.97. The first-order valence-electron chi connectivity index (χ1n) is 2.82. The molecule has 1 nitrogen and oxygen atoms in total. The molecule has 0 fully saturated rings. The van der Waals surface area contributed by atoms with Gasteiger partial charge in [-0.2, -0.15) is 0 Å². The molecule has 1 atom stereocenters. The van der Waals surface area contributed by atoms with Gasteiger partial charge in [0.25, 0.3) is 0 Å². The summed E-state index contributed by atoms with van der Waals surface area (Å²) >= 11 is 0. The smallest absolute Gasteiger partial charge is 0.00104 e. The van der Waals surface area contributed by atoms with Gasteiger partial charge < -0.3 is 5.73 Å². The Balaban J connectivity index is 2.68. The number of nitrogens with two attached hydrogens (primary N) is 1. The van der Waals surface area contributed by atoms with E-state index in [1.165, 1.54) is 0 Å². The molecule has 0 aliphatic carbocycles. The first kappa shape index (κ1) is 6.96. The van der Waals surface area contributed by atoms with Crippen molar-refractivity contribution in [2.24, 2.45) is 5.73 Å². The second-order valence-corrected chi connectivity index (χ2v) is 1.97. The normalized spacial score (nSPS) is 14.1. The zero-order chi connectivity index (χ0) is 5.70. The van der Waals surface area contributed by atoms with Crippen LogP contribution in [0.5, 0.6) is 0 Å². The van der Waals surface area contributed by atoms with Gasteiger partial charge in [0, 0.05) is 6.04 Å². The van der Waals surface area contributed by atoms with Crippen LogP contribution in [-0.2, 0) is 0 Å². The zero-order valence-corrected chi connectivity index (χ0v) is 4.98. The highest BCUT2D eigenvalue weighted by Crippen LogP contribution is 1.94. The van der Waals surface area contributed by atoms with Crippen LogP contribution in [0.3, 0.4) is 0 Å². The van der Waals surface area contributed by atoms with E-state index in [4.69, 9.17) is 5.73 Å². The number of rotatable bonds is 3. The van der Waals surface area contributed by atoms with Gasteiger partial charge in [-0.1, -0.05) is 19.8 Å². The monoisotopic (exact) mass is 100 g/mol. The van der Waals surface area contributed by atoms with Gasteiger partial charge in [-0.25, -0.2) is 0 Å². The van der Waals surface area contributed by atoms with E-state index in [-0.39, 0.29) is 0 Å². The molecular formula is C6H14N. The minimum atomic E-state index is 0.363. The molecule has 0 amide bonds. The van der Waals surface area contributed by atoms with Crippen molar-refractivity contribution < 1.29 is 0 Å². The van der Waals surface area contributed by atoms with Gasteiger partial charge in [0.15, 0.2) is 0 Å². The molecule has 0 aromatic rings. The third-order valence-electron chi connectivity index (χ3n) is 0.909. The molecule has 0 unspecified atom stereocenters. The molecule has 2 N–H and O–H groups in total. The Kier molecular flexibility index (Phi) is 4.10. The molecule has 7 heavy (non-hydrogen) atoms. The van der Waals surface area contributed by atoms with Crippen molar-refractivity contribution in [3.05, 3.63) is 6.92 Å². The zero-order valence-electron chi connectivity index (χ0n) is 4.98. The van der Waals surface area contributed by atoms with E-state index < -0.39 is 0 Å². The second kappa shape index (κ2) is 4.13. The molecule has 0 rings (SSSR count). The first-order valence-corrected chi connectivity index (χ1v) is 2.82. The molecular weight excluding hydrogens is 86.1 g/mol. The fourth-order valence-corrected chi connectivity index (χ4v) is 0.466. The molecule has 0 aliphatic heterocycles. The van der Waals surface area contributed by atoms with Crippen LogP contribution in [-0.4, -0.2) is 6.04 Å². The summed E-state index contributed by atoms with van der Waals surface area (Å²) in [5, 5.41) is 0. The van der Waals surface area contributed by atoms with Gasteiger partial charge in [0.1, 0.15) is 0 Å². The summed E-state index contributed by atoms with van der Waals surface area (Å²) in [5.74, 6) is 0. The SMILES string of the molecule is [CH2]CCC[C@@H](C)N. The van der Waals surface area contributed by atoms with E-state index >= 15 is 0 Å². The molecule has 0 saturated carbocycles. The van der Waals surface area contributed by atoms with Crippen molar-refractivity contribution in [1.82, 2.24) is 0 Å². The molecule has 0 saturated heterocycles. The Morgan fingerprint density at radius 3 is 2.43 bits per heavy atom. The first-order chi connectivity index (χ1) is 3.27. The lowest BCUT2D eigenvalue weighted by atomic mass is 10.2. The lowest BCUT2D eigenvalue weighted by Crippen LogP contribution is -2.13. The molecule has 1 heteroatoms. The van der Waals surface area contributed by atoms with E-state index in [9.17, 15) is 0 Å². The summed E-state index contributed by atoms with van der Waals surface area (Å²) in [4.78, 5) is 0. The highest BCUT2D eigenvalue weighted by molar-refractivity contribution is 4.52. The van der Waals surface area contributed by atoms with Gasteiger partial charge in [-0.3, -0.25) is 0 Å². The van der Waals surface area contributed by atoms with Crippen molar-refractivity contribution >= 4 is 0 Å². The van der Waals surface area contributed by atoms with Gasteiger partial charge in [-0.05, 0) is 13.3 Å². The minimum absolute atomic E-state index is 0.363. The summed E-state index contributed by atoms with van der Waals surface area (Å²) in [6, 6.07) is 0.363. The van der Waals surface area contributed by atoms with Crippen LogP contribution in [0, 0.1) is 6.92 Å². The van der Waals surface area contributed by atoms with E-state index in [2.05, 4.69) is 6.92 Å². The maximum absolute atomic E-state index is 5.45. The van der Waals surface area contributed by atoms with E-state index in [1.807, 2.05) is 6.92 Å². The Bertz CT molecular complexity index is 33.2.